The second kappa shape index (κ2) is 4.88. The topological polar surface area (TPSA) is 55.2 Å². The van der Waals surface area contributed by atoms with Crippen molar-refractivity contribution in [1.82, 2.24) is 0 Å². The van der Waals surface area contributed by atoms with Gasteiger partial charge >= 0.3 is 0 Å². The Morgan fingerprint density at radius 3 is 2.72 bits per heavy atom. The van der Waals surface area contributed by atoms with E-state index in [1.807, 2.05) is 0 Å². The lowest BCUT2D eigenvalue weighted by Gasteiger charge is -2.11. The fourth-order valence-corrected chi connectivity index (χ4v) is 1.93. The normalized spacial score (nSPS) is 22.0. The lowest BCUT2D eigenvalue weighted by atomic mass is 10.1. The van der Waals surface area contributed by atoms with Crippen LogP contribution in [0.2, 0.25) is 0 Å². The zero-order chi connectivity index (χ0) is 13.3. The van der Waals surface area contributed by atoms with Gasteiger partial charge in [0.2, 0.25) is 0 Å². The Labute approximate surface area is 103 Å². The summed E-state index contributed by atoms with van der Waals surface area (Å²) in [6, 6.07) is 3.53. The van der Waals surface area contributed by atoms with Crippen LogP contribution in [0.3, 0.4) is 0 Å². The second-order valence-corrected chi connectivity index (χ2v) is 4.68. The minimum Gasteiger partial charge on any atom is -0.384 e. The molecule has 6 heteroatoms. The van der Waals surface area contributed by atoms with Gasteiger partial charge < -0.3 is 5.32 Å². The monoisotopic (exact) mass is 256 g/mol. The molecule has 4 nitrogen and oxygen atoms in total. The SMILES string of the molecule is CC1CC1CNc1ccc([N+](=O)[O-])cc1C(F)F. The first kappa shape index (κ1) is 12.7. The Morgan fingerprint density at radius 2 is 2.22 bits per heavy atom. The molecule has 1 fully saturated rings. The van der Waals surface area contributed by atoms with Crippen molar-refractivity contribution in [3.05, 3.63) is 33.9 Å². The third-order valence-corrected chi connectivity index (χ3v) is 3.31. The number of alkyl halides is 2. The number of hydrogen-bond acceptors (Lipinski definition) is 3. The van der Waals surface area contributed by atoms with Gasteiger partial charge in [-0.25, -0.2) is 8.78 Å². The summed E-state index contributed by atoms with van der Waals surface area (Å²) >= 11 is 0. The molecule has 98 valence electrons. The summed E-state index contributed by atoms with van der Waals surface area (Å²) in [7, 11) is 0. The van der Waals surface area contributed by atoms with Crippen molar-refractivity contribution in [3.8, 4) is 0 Å². The fourth-order valence-electron chi connectivity index (χ4n) is 1.93. The van der Waals surface area contributed by atoms with Crippen LogP contribution in [0.15, 0.2) is 18.2 Å². The molecule has 1 aliphatic rings. The molecular weight excluding hydrogens is 242 g/mol. The zero-order valence-corrected chi connectivity index (χ0v) is 9.90. The Kier molecular flexibility index (Phi) is 3.45. The van der Waals surface area contributed by atoms with E-state index in [4.69, 9.17) is 0 Å². The average Bonchev–Trinajstić information content (AvgIpc) is 3.02. The molecule has 0 aliphatic heterocycles. The van der Waals surface area contributed by atoms with E-state index in [1.165, 1.54) is 12.1 Å². The Morgan fingerprint density at radius 1 is 1.56 bits per heavy atom. The van der Waals surface area contributed by atoms with Crippen LogP contribution in [-0.4, -0.2) is 11.5 Å². The molecule has 1 N–H and O–H groups in total. The molecule has 2 rings (SSSR count). The number of nitrogens with one attached hydrogen (secondary N) is 1. The predicted octanol–water partition coefficient (Wildman–Crippen LogP) is 3.60. The standard InChI is InChI=1S/C12H14F2N2O2/c1-7-4-8(7)6-15-11-3-2-9(16(17)18)5-10(11)12(13)14/h2-3,5,7-8,12,15H,4,6H2,1H3. The highest BCUT2D eigenvalue weighted by atomic mass is 19.3. The van der Waals surface area contributed by atoms with Crippen LogP contribution in [0.5, 0.6) is 0 Å². The van der Waals surface area contributed by atoms with Crippen molar-refractivity contribution in [2.45, 2.75) is 19.8 Å². The van der Waals surface area contributed by atoms with Gasteiger partial charge in [-0.3, -0.25) is 10.1 Å². The highest BCUT2D eigenvalue weighted by molar-refractivity contribution is 5.56. The maximum Gasteiger partial charge on any atom is 0.270 e. The van der Waals surface area contributed by atoms with Crippen molar-refractivity contribution in [3.63, 3.8) is 0 Å². The van der Waals surface area contributed by atoms with Gasteiger partial charge in [0.1, 0.15) is 0 Å². The number of halogens is 2. The van der Waals surface area contributed by atoms with Gasteiger partial charge in [-0.05, 0) is 24.3 Å². The van der Waals surface area contributed by atoms with Gasteiger partial charge in [-0.2, -0.15) is 0 Å². The van der Waals surface area contributed by atoms with E-state index in [-0.39, 0.29) is 16.9 Å². The number of nitro benzene ring substituents is 1. The van der Waals surface area contributed by atoms with Gasteiger partial charge in [-0.1, -0.05) is 6.92 Å². The minimum absolute atomic E-state index is 0.287. The van der Waals surface area contributed by atoms with Gasteiger partial charge in [0.25, 0.3) is 12.1 Å². The average molecular weight is 256 g/mol. The Bertz CT molecular complexity index is 465. The second-order valence-electron chi connectivity index (χ2n) is 4.68. The van der Waals surface area contributed by atoms with E-state index >= 15 is 0 Å². The third-order valence-electron chi connectivity index (χ3n) is 3.31. The first-order valence-corrected chi connectivity index (χ1v) is 5.79. The van der Waals surface area contributed by atoms with Crippen LogP contribution in [0.1, 0.15) is 25.3 Å². The van der Waals surface area contributed by atoms with Gasteiger partial charge in [0.05, 0.1) is 4.92 Å². The largest absolute Gasteiger partial charge is 0.384 e. The molecule has 0 spiro atoms. The molecule has 18 heavy (non-hydrogen) atoms. The number of nitro groups is 1. The van der Waals surface area contributed by atoms with Crippen molar-refractivity contribution < 1.29 is 13.7 Å². The number of benzene rings is 1. The van der Waals surface area contributed by atoms with E-state index in [0.29, 0.717) is 18.4 Å². The highest BCUT2D eigenvalue weighted by Gasteiger charge is 2.32. The summed E-state index contributed by atoms with van der Waals surface area (Å²) in [5, 5.41) is 13.5. The molecule has 0 heterocycles. The number of non-ortho nitro benzene ring substituents is 1. The Balaban J connectivity index is 2.14. The highest BCUT2D eigenvalue weighted by Crippen LogP contribution is 2.38. The first-order valence-electron chi connectivity index (χ1n) is 5.79. The predicted molar refractivity (Wildman–Crippen MR) is 63.8 cm³/mol. The first-order chi connectivity index (χ1) is 8.49. The van der Waals surface area contributed by atoms with Crippen LogP contribution < -0.4 is 5.32 Å². The summed E-state index contributed by atoms with van der Waals surface area (Å²) in [4.78, 5) is 9.88. The molecule has 0 bridgehead atoms. The van der Waals surface area contributed by atoms with Gasteiger partial charge in [-0.15, -0.1) is 0 Å². The zero-order valence-electron chi connectivity index (χ0n) is 9.90. The smallest absolute Gasteiger partial charge is 0.270 e. The molecule has 0 saturated heterocycles. The van der Waals surface area contributed by atoms with Crippen molar-refractivity contribution in [2.75, 3.05) is 11.9 Å². The molecule has 2 unspecified atom stereocenters. The molecule has 0 radical (unpaired) electrons. The number of hydrogen-bond donors (Lipinski definition) is 1. The molecule has 1 aromatic carbocycles. The lowest BCUT2D eigenvalue weighted by molar-refractivity contribution is -0.385. The van der Waals surface area contributed by atoms with Crippen LogP contribution >= 0.6 is 0 Å². The lowest BCUT2D eigenvalue weighted by Crippen LogP contribution is -2.07. The molecule has 2 atom stereocenters. The molecule has 1 aromatic rings. The molecule has 1 aliphatic carbocycles. The molecule has 1 saturated carbocycles. The van der Waals surface area contributed by atoms with E-state index in [1.54, 1.807) is 0 Å². The van der Waals surface area contributed by atoms with Crippen LogP contribution in [0.4, 0.5) is 20.2 Å². The van der Waals surface area contributed by atoms with E-state index in [9.17, 15) is 18.9 Å². The van der Waals surface area contributed by atoms with Crippen LogP contribution in [-0.2, 0) is 0 Å². The van der Waals surface area contributed by atoms with Crippen molar-refractivity contribution >= 4 is 11.4 Å². The Hall–Kier alpha value is -1.72. The van der Waals surface area contributed by atoms with Crippen LogP contribution in [0.25, 0.3) is 0 Å². The van der Waals surface area contributed by atoms with Gasteiger partial charge in [0, 0.05) is 29.9 Å². The summed E-state index contributed by atoms with van der Waals surface area (Å²) in [6.45, 7) is 2.74. The molecular formula is C12H14F2N2O2. The van der Waals surface area contributed by atoms with Crippen molar-refractivity contribution in [2.24, 2.45) is 11.8 Å². The third kappa shape index (κ3) is 2.75. The summed E-state index contributed by atoms with van der Waals surface area (Å²) in [5.74, 6) is 1.15. The fraction of sp³-hybridized carbons (Fsp3) is 0.500. The molecule has 0 amide bonds. The van der Waals surface area contributed by atoms with Crippen LogP contribution in [0, 0.1) is 22.0 Å². The summed E-state index contributed by atoms with van der Waals surface area (Å²) in [6.07, 6.45) is -1.62. The number of rotatable bonds is 5. The maximum absolute atomic E-state index is 12.8. The van der Waals surface area contributed by atoms with E-state index < -0.39 is 11.3 Å². The van der Waals surface area contributed by atoms with Crippen molar-refractivity contribution in [1.29, 1.82) is 0 Å². The summed E-state index contributed by atoms with van der Waals surface area (Å²) in [5.41, 5.74) is -0.331. The van der Waals surface area contributed by atoms with E-state index in [2.05, 4.69) is 12.2 Å². The maximum atomic E-state index is 12.8. The number of anilines is 1. The van der Waals surface area contributed by atoms with E-state index in [0.717, 1.165) is 12.5 Å². The quantitative estimate of drug-likeness (QED) is 0.646. The number of nitrogens with zero attached hydrogens (tertiary/aromatic N) is 1. The van der Waals surface area contributed by atoms with Gasteiger partial charge in [0.15, 0.2) is 0 Å². The summed E-state index contributed by atoms with van der Waals surface area (Å²) < 4.78 is 25.7. The molecule has 0 aromatic heterocycles. The minimum atomic E-state index is -2.72.